The zero-order valence-corrected chi connectivity index (χ0v) is 12.7. The second kappa shape index (κ2) is 5.56. The highest BCUT2D eigenvalue weighted by Crippen LogP contribution is 2.19. The minimum atomic E-state index is 0.734. The lowest BCUT2D eigenvalue weighted by Gasteiger charge is -2.08. The average Bonchev–Trinajstić information content (AvgIpc) is 2.83. The lowest BCUT2D eigenvalue weighted by molar-refractivity contribution is 0.797. The number of pyridine rings is 1. The van der Waals surface area contributed by atoms with Crippen molar-refractivity contribution >= 4 is 16.7 Å². The molecular weight excluding hydrogens is 260 g/mol. The van der Waals surface area contributed by atoms with Crippen LogP contribution >= 0.6 is 0 Å². The van der Waals surface area contributed by atoms with Crippen molar-refractivity contribution in [2.75, 3.05) is 11.9 Å². The Kier molecular flexibility index (Phi) is 3.60. The van der Waals surface area contributed by atoms with Crippen LogP contribution in [0.3, 0.4) is 0 Å². The molecule has 2 heterocycles. The molecule has 0 aliphatic heterocycles. The molecule has 0 radical (unpaired) electrons. The van der Waals surface area contributed by atoms with E-state index in [4.69, 9.17) is 0 Å². The molecule has 21 heavy (non-hydrogen) atoms. The van der Waals surface area contributed by atoms with E-state index >= 15 is 0 Å². The predicted octanol–water partition coefficient (Wildman–Crippen LogP) is 3.53. The van der Waals surface area contributed by atoms with Crippen LogP contribution in [0.4, 0.5) is 5.69 Å². The fourth-order valence-electron chi connectivity index (χ4n) is 2.49. The Bertz CT molecular complexity index is 774. The monoisotopic (exact) mass is 280 g/mol. The molecule has 0 atom stereocenters. The number of benzene rings is 1. The van der Waals surface area contributed by atoms with Gasteiger partial charge in [-0.05, 0) is 56.2 Å². The third-order valence-electron chi connectivity index (χ3n) is 3.77. The largest absolute Gasteiger partial charge is 0.385 e. The fraction of sp³-hybridized carbons (Fsp3) is 0.294. The fourth-order valence-corrected chi connectivity index (χ4v) is 2.49. The first kappa shape index (κ1) is 13.6. The Hall–Kier alpha value is -2.36. The molecule has 108 valence electrons. The molecule has 0 bridgehead atoms. The van der Waals surface area contributed by atoms with Gasteiger partial charge in [0, 0.05) is 18.4 Å². The number of rotatable bonds is 4. The highest BCUT2D eigenvalue weighted by Gasteiger charge is 2.06. The zero-order chi connectivity index (χ0) is 14.8. The molecule has 0 amide bonds. The molecule has 0 spiro atoms. The van der Waals surface area contributed by atoms with Crippen LogP contribution in [0, 0.1) is 13.8 Å². The molecule has 4 heteroatoms. The Labute approximate surface area is 124 Å². The topological polar surface area (TPSA) is 42.7 Å². The van der Waals surface area contributed by atoms with Gasteiger partial charge in [0.1, 0.15) is 0 Å². The number of nitrogens with one attached hydrogen (secondary N) is 1. The van der Waals surface area contributed by atoms with Gasteiger partial charge in [-0.2, -0.15) is 0 Å². The summed E-state index contributed by atoms with van der Waals surface area (Å²) in [6.07, 6.45) is 3.74. The first-order valence-corrected chi connectivity index (χ1v) is 7.28. The Morgan fingerprint density at radius 3 is 2.71 bits per heavy atom. The smallest absolute Gasteiger partial charge is 0.0962 e. The van der Waals surface area contributed by atoms with Gasteiger partial charge in [-0.3, -0.25) is 4.98 Å². The van der Waals surface area contributed by atoms with Crippen LogP contribution in [0.25, 0.3) is 11.0 Å². The van der Waals surface area contributed by atoms with Gasteiger partial charge in [-0.15, -0.1) is 0 Å². The first-order chi connectivity index (χ1) is 10.2. The van der Waals surface area contributed by atoms with Crippen molar-refractivity contribution in [2.24, 2.45) is 0 Å². The molecule has 0 fully saturated rings. The van der Waals surface area contributed by atoms with E-state index < -0.39 is 0 Å². The zero-order valence-electron chi connectivity index (χ0n) is 12.7. The highest BCUT2D eigenvalue weighted by molar-refractivity contribution is 5.77. The molecular formula is C17H20N4. The molecule has 2 aromatic heterocycles. The van der Waals surface area contributed by atoms with E-state index in [9.17, 15) is 0 Å². The van der Waals surface area contributed by atoms with Crippen molar-refractivity contribution in [2.45, 2.75) is 27.3 Å². The Morgan fingerprint density at radius 1 is 1.10 bits per heavy atom. The number of aromatic nitrogens is 3. The van der Waals surface area contributed by atoms with E-state index in [1.165, 1.54) is 11.1 Å². The molecule has 1 aromatic carbocycles. The molecule has 0 saturated heterocycles. The first-order valence-electron chi connectivity index (χ1n) is 7.28. The van der Waals surface area contributed by atoms with Gasteiger partial charge in [0.2, 0.25) is 0 Å². The van der Waals surface area contributed by atoms with E-state index in [2.05, 4.69) is 58.8 Å². The van der Waals surface area contributed by atoms with Gasteiger partial charge in [0.15, 0.2) is 0 Å². The lowest BCUT2D eigenvalue weighted by Crippen LogP contribution is -2.03. The number of nitrogens with zero attached hydrogens (tertiary/aromatic N) is 3. The third kappa shape index (κ3) is 2.75. The standard InChI is InChI=1S/C17H20N4/c1-4-18-14-5-6-19-15(9-14)10-21-11-20-16-7-12(2)13(3)8-17(16)21/h5-9,11H,4,10H2,1-3H3,(H,18,19). The van der Waals surface area contributed by atoms with Crippen molar-refractivity contribution in [3.8, 4) is 0 Å². The van der Waals surface area contributed by atoms with Crippen LogP contribution in [0.2, 0.25) is 0 Å². The van der Waals surface area contributed by atoms with E-state index in [0.717, 1.165) is 35.5 Å². The van der Waals surface area contributed by atoms with Crippen molar-refractivity contribution in [1.29, 1.82) is 0 Å². The highest BCUT2D eigenvalue weighted by atomic mass is 15.1. The number of hydrogen-bond acceptors (Lipinski definition) is 3. The number of aryl methyl sites for hydroxylation is 2. The minimum Gasteiger partial charge on any atom is -0.385 e. The van der Waals surface area contributed by atoms with E-state index in [0.29, 0.717) is 0 Å². The van der Waals surface area contributed by atoms with Crippen molar-refractivity contribution in [3.05, 3.63) is 53.6 Å². The van der Waals surface area contributed by atoms with Crippen molar-refractivity contribution in [1.82, 2.24) is 14.5 Å². The van der Waals surface area contributed by atoms with Crippen LogP contribution in [0.1, 0.15) is 23.7 Å². The van der Waals surface area contributed by atoms with Gasteiger partial charge in [0.25, 0.3) is 0 Å². The summed E-state index contributed by atoms with van der Waals surface area (Å²) in [5.41, 5.74) is 6.92. The maximum absolute atomic E-state index is 4.50. The van der Waals surface area contributed by atoms with Gasteiger partial charge in [-0.25, -0.2) is 4.98 Å². The van der Waals surface area contributed by atoms with Gasteiger partial charge in [0.05, 0.1) is 29.6 Å². The van der Waals surface area contributed by atoms with Gasteiger partial charge in [-0.1, -0.05) is 0 Å². The summed E-state index contributed by atoms with van der Waals surface area (Å²) in [6, 6.07) is 8.43. The van der Waals surface area contributed by atoms with Gasteiger partial charge < -0.3 is 9.88 Å². The molecule has 1 N–H and O–H groups in total. The van der Waals surface area contributed by atoms with E-state index in [1.54, 1.807) is 0 Å². The SMILES string of the molecule is CCNc1ccnc(Cn2cnc3cc(C)c(C)cc32)c1. The summed E-state index contributed by atoms with van der Waals surface area (Å²) >= 11 is 0. The van der Waals surface area contributed by atoms with Crippen LogP contribution in [-0.4, -0.2) is 21.1 Å². The summed E-state index contributed by atoms with van der Waals surface area (Å²) in [6.45, 7) is 7.99. The summed E-state index contributed by atoms with van der Waals surface area (Å²) in [7, 11) is 0. The average molecular weight is 280 g/mol. The molecule has 0 unspecified atom stereocenters. The maximum atomic E-state index is 4.50. The van der Waals surface area contributed by atoms with Crippen LogP contribution in [0.15, 0.2) is 36.8 Å². The molecule has 0 aliphatic carbocycles. The number of fused-ring (bicyclic) bond motifs is 1. The molecule has 4 nitrogen and oxygen atoms in total. The summed E-state index contributed by atoms with van der Waals surface area (Å²) in [5, 5.41) is 3.32. The predicted molar refractivity (Wildman–Crippen MR) is 86.7 cm³/mol. The van der Waals surface area contributed by atoms with Gasteiger partial charge >= 0.3 is 0 Å². The summed E-state index contributed by atoms with van der Waals surface area (Å²) < 4.78 is 2.15. The van der Waals surface area contributed by atoms with Crippen LogP contribution < -0.4 is 5.32 Å². The second-order valence-electron chi connectivity index (χ2n) is 5.36. The van der Waals surface area contributed by atoms with Crippen LogP contribution in [-0.2, 0) is 6.54 Å². The lowest BCUT2D eigenvalue weighted by atomic mass is 10.1. The Morgan fingerprint density at radius 2 is 1.90 bits per heavy atom. The van der Waals surface area contributed by atoms with E-state index in [1.807, 2.05) is 18.6 Å². The Balaban J connectivity index is 1.94. The summed E-state index contributed by atoms with van der Waals surface area (Å²) in [4.78, 5) is 8.95. The van der Waals surface area contributed by atoms with Crippen LogP contribution in [0.5, 0.6) is 0 Å². The van der Waals surface area contributed by atoms with E-state index in [-0.39, 0.29) is 0 Å². The second-order valence-corrected chi connectivity index (χ2v) is 5.36. The molecule has 3 aromatic rings. The number of anilines is 1. The normalized spacial score (nSPS) is 11.0. The molecule has 3 rings (SSSR count). The summed E-state index contributed by atoms with van der Waals surface area (Å²) in [5.74, 6) is 0. The number of imidazole rings is 1. The quantitative estimate of drug-likeness (QED) is 0.795. The minimum absolute atomic E-state index is 0.734. The molecule has 0 aliphatic rings. The van der Waals surface area contributed by atoms with Crippen molar-refractivity contribution < 1.29 is 0 Å². The van der Waals surface area contributed by atoms with Crippen molar-refractivity contribution in [3.63, 3.8) is 0 Å². The maximum Gasteiger partial charge on any atom is 0.0962 e. The molecule has 0 saturated carbocycles. The third-order valence-corrected chi connectivity index (χ3v) is 3.77. The number of hydrogen-bond donors (Lipinski definition) is 1.